The zero-order chi connectivity index (χ0) is 15.6. The molecule has 1 atom stereocenters. The second kappa shape index (κ2) is 5.85. The zero-order valence-corrected chi connectivity index (χ0v) is 12.7. The van der Waals surface area contributed by atoms with E-state index in [1.807, 2.05) is 24.3 Å². The van der Waals surface area contributed by atoms with E-state index in [4.69, 9.17) is 0 Å². The number of fused-ring (bicyclic) bond motifs is 1. The maximum atomic E-state index is 11.8. The predicted molar refractivity (Wildman–Crippen MR) is 91.8 cm³/mol. The van der Waals surface area contributed by atoms with Crippen molar-refractivity contribution in [3.63, 3.8) is 0 Å². The summed E-state index contributed by atoms with van der Waals surface area (Å²) in [6.45, 7) is 2.77. The molecular weight excluding hydrogens is 288 g/mol. The van der Waals surface area contributed by atoms with E-state index in [1.54, 1.807) is 0 Å². The monoisotopic (exact) mass is 306 g/mol. The van der Waals surface area contributed by atoms with E-state index in [0.29, 0.717) is 11.4 Å². The Bertz CT molecular complexity index is 875. The van der Waals surface area contributed by atoms with Gasteiger partial charge in [0.15, 0.2) is 0 Å². The minimum atomic E-state index is -0.0935. The summed E-state index contributed by atoms with van der Waals surface area (Å²) in [4.78, 5) is 21.0. The summed E-state index contributed by atoms with van der Waals surface area (Å²) in [5, 5.41) is 4.20. The minimum absolute atomic E-state index is 0.0935. The van der Waals surface area contributed by atoms with E-state index in [9.17, 15) is 4.79 Å². The van der Waals surface area contributed by atoms with Gasteiger partial charge in [0, 0.05) is 31.4 Å². The summed E-state index contributed by atoms with van der Waals surface area (Å²) in [6, 6.07) is 16.7. The molecule has 0 radical (unpaired) electrons. The fourth-order valence-electron chi connectivity index (χ4n) is 3.15. The number of rotatable bonds is 2. The highest BCUT2D eigenvalue weighted by molar-refractivity contribution is 5.81. The average Bonchev–Trinajstić information content (AvgIpc) is 2.62. The molecule has 0 bridgehead atoms. The number of aromatic nitrogens is 2. The molecule has 1 aliphatic heterocycles. The van der Waals surface area contributed by atoms with Crippen LogP contribution in [0.1, 0.15) is 11.6 Å². The van der Waals surface area contributed by atoms with Crippen molar-refractivity contribution in [1.82, 2.24) is 15.3 Å². The van der Waals surface area contributed by atoms with Gasteiger partial charge >= 0.3 is 0 Å². The third kappa shape index (κ3) is 2.71. The van der Waals surface area contributed by atoms with Crippen LogP contribution in [0.5, 0.6) is 0 Å². The molecule has 3 aromatic rings. The highest BCUT2D eigenvalue weighted by Crippen LogP contribution is 2.24. The molecule has 116 valence electrons. The van der Waals surface area contributed by atoms with Gasteiger partial charge in [-0.2, -0.15) is 0 Å². The van der Waals surface area contributed by atoms with Gasteiger partial charge in [-0.1, -0.05) is 30.3 Å². The summed E-state index contributed by atoms with van der Waals surface area (Å²) in [6.07, 6.45) is 1.46. The molecule has 5 heteroatoms. The second-order valence-corrected chi connectivity index (χ2v) is 5.80. The Morgan fingerprint density at radius 2 is 2.00 bits per heavy atom. The van der Waals surface area contributed by atoms with Crippen LogP contribution in [-0.2, 0) is 0 Å². The first kappa shape index (κ1) is 14.0. The summed E-state index contributed by atoms with van der Waals surface area (Å²) < 4.78 is 0. The summed E-state index contributed by atoms with van der Waals surface area (Å²) >= 11 is 0. The van der Waals surface area contributed by atoms with Crippen LogP contribution >= 0.6 is 0 Å². The maximum Gasteiger partial charge on any atom is 0.258 e. The van der Waals surface area contributed by atoms with Crippen molar-refractivity contribution in [3.8, 4) is 0 Å². The second-order valence-electron chi connectivity index (χ2n) is 5.80. The molecular formula is C18H18N4O. The third-order valence-electron chi connectivity index (χ3n) is 4.37. The highest BCUT2D eigenvalue weighted by Gasteiger charge is 2.21. The van der Waals surface area contributed by atoms with Crippen LogP contribution in [0.3, 0.4) is 0 Å². The van der Waals surface area contributed by atoms with Gasteiger partial charge in [-0.05, 0) is 23.8 Å². The van der Waals surface area contributed by atoms with Crippen molar-refractivity contribution in [1.29, 1.82) is 0 Å². The molecule has 4 rings (SSSR count). The molecule has 2 aromatic carbocycles. The van der Waals surface area contributed by atoms with Gasteiger partial charge in [0.1, 0.15) is 0 Å². The van der Waals surface area contributed by atoms with E-state index < -0.39 is 0 Å². The lowest BCUT2D eigenvalue weighted by molar-refractivity contribution is 0.472. The Labute approximate surface area is 134 Å². The summed E-state index contributed by atoms with van der Waals surface area (Å²) in [7, 11) is 0. The van der Waals surface area contributed by atoms with Crippen LogP contribution in [0.25, 0.3) is 10.9 Å². The molecule has 2 heterocycles. The topological polar surface area (TPSA) is 61.0 Å². The Morgan fingerprint density at radius 1 is 1.13 bits per heavy atom. The molecule has 0 aliphatic carbocycles. The Hall–Kier alpha value is -2.66. The molecule has 0 spiro atoms. The predicted octanol–water partition coefficient (Wildman–Crippen LogP) is 2.07. The van der Waals surface area contributed by atoms with E-state index in [2.05, 4.69) is 44.5 Å². The number of nitrogens with one attached hydrogen (secondary N) is 2. The minimum Gasteiger partial charge on any atom is -0.368 e. The average molecular weight is 306 g/mol. The van der Waals surface area contributed by atoms with Crippen molar-refractivity contribution >= 4 is 16.6 Å². The van der Waals surface area contributed by atoms with Crippen LogP contribution in [0.2, 0.25) is 0 Å². The van der Waals surface area contributed by atoms with Gasteiger partial charge in [-0.25, -0.2) is 4.98 Å². The van der Waals surface area contributed by atoms with Gasteiger partial charge in [0.2, 0.25) is 0 Å². The van der Waals surface area contributed by atoms with E-state index in [0.717, 1.165) is 30.8 Å². The molecule has 5 nitrogen and oxygen atoms in total. The van der Waals surface area contributed by atoms with Crippen LogP contribution in [-0.4, -0.2) is 29.6 Å². The van der Waals surface area contributed by atoms with Crippen molar-refractivity contribution in [2.24, 2.45) is 0 Å². The zero-order valence-electron chi connectivity index (χ0n) is 12.7. The summed E-state index contributed by atoms with van der Waals surface area (Å²) in [5.74, 6) is 0. The van der Waals surface area contributed by atoms with E-state index in [1.165, 1.54) is 11.9 Å². The van der Waals surface area contributed by atoms with Crippen LogP contribution in [0.15, 0.2) is 59.7 Å². The van der Waals surface area contributed by atoms with Gasteiger partial charge in [-0.15, -0.1) is 0 Å². The van der Waals surface area contributed by atoms with Crippen molar-refractivity contribution in [2.45, 2.75) is 6.04 Å². The van der Waals surface area contributed by atoms with Gasteiger partial charge in [0.05, 0.1) is 17.2 Å². The molecule has 1 aromatic heterocycles. The van der Waals surface area contributed by atoms with Gasteiger partial charge in [0.25, 0.3) is 5.56 Å². The first-order valence-corrected chi connectivity index (χ1v) is 7.82. The normalized spacial score (nSPS) is 18.3. The van der Waals surface area contributed by atoms with E-state index in [-0.39, 0.29) is 5.56 Å². The molecule has 1 fully saturated rings. The highest BCUT2D eigenvalue weighted by atomic mass is 16.1. The SMILES string of the molecule is O=c1[nH]cnc2cc(N3CCNC(c4ccccc4)C3)ccc12. The standard InChI is InChI=1S/C18H18N4O/c23-18-15-7-6-14(10-16(15)20-12-21-18)22-9-8-19-17(11-22)13-4-2-1-3-5-13/h1-7,10,12,17,19H,8-9,11H2,(H,20,21,23). The first-order valence-electron chi connectivity index (χ1n) is 7.82. The molecule has 23 heavy (non-hydrogen) atoms. The van der Waals surface area contributed by atoms with Crippen LogP contribution < -0.4 is 15.8 Å². The quantitative estimate of drug-likeness (QED) is 0.761. The Balaban J connectivity index is 1.64. The summed E-state index contributed by atoms with van der Waals surface area (Å²) in [5.41, 5.74) is 3.05. The number of benzene rings is 2. The molecule has 1 aliphatic rings. The number of piperazine rings is 1. The molecule has 2 N–H and O–H groups in total. The lowest BCUT2D eigenvalue weighted by Gasteiger charge is -2.35. The number of anilines is 1. The molecule has 0 amide bonds. The fraction of sp³-hybridized carbons (Fsp3) is 0.222. The van der Waals surface area contributed by atoms with Crippen molar-refractivity contribution < 1.29 is 0 Å². The van der Waals surface area contributed by atoms with Crippen LogP contribution in [0, 0.1) is 0 Å². The number of nitrogens with zero attached hydrogens (tertiary/aromatic N) is 2. The third-order valence-corrected chi connectivity index (χ3v) is 4.37. The number of hydrogen-bond donors (Lipinski definition) is 2. The molecule has 0 saturated carbocycles. The fourth-order valence-corrected chi connectivity index (χ4v) is 3.15. The number of hydrogen-bond acceptors (Lipinski definition) is 4. The lowest BCUT2D eigenvalue weighted by atomic mass is 10.0. The van der Waals surface area contributed by atoms with Crippen LogP contribution in [0.4, 0.5) is 5.69 Å². The smallest absolute Gasteiger partial charge is 0.258 e. The largest absolute Gasteiger partial charge is 0.368 e. The van der Waals surface area contributed by atoms with Crippen molar-refractivity contribution in [3.05, 3.63) is 70.8 Å². The van der Waals surface area contributed by atoms with Gasteiger partial charge in [-0.3, -0.25) is 4.79 Å². The molecule has 1 unspecified atom stereocenters. The van der Waals surface area contributed by atoms with Crippen molar-refractivity contribution in [2.75, 3.05) is 24.5 Å². The number of aromatic amines is 1. The first-order chi connectivity index (χ1) is 11.3. The molecule has 1 saturated heterocycles. The lowest BCUT2D eigenvalue weighted by Crippen LogP contribution is -2.45. The van der Waals surface area contributed by atoms with E-state index >= 15 is 0 Å². The Morgan fingerprint density at radius 3 is 2.87 bits per heavy atom. The van der Waals surface area contributed by atoms with Gasteiger partial charge < -0.3 is 15.2 Å². The Kier molecular flexibility index (Phi) is 3.55. The number of H-pyrrole nitrogens is 1. The maximum absolute atomic E-state index is 11.8.